The molecule has 2 heterocycles. The number of ether oxygens (including phenoxy) is 1. The van der Waals surface area contributed by atoms with Crippen molar-refractivity contribution in [2.24, 2.45) is 5.92 Å². The molecule has 0 spiro atoms. The van der Waals surface area contributed by atoms with Crippen molar-refractivity contribution in [1.82, 2.24) is 9.88 Å². The number of benzene rings is 1. The van der Waals surface area contributed by atoms with E-state index in [1.165, 1.54) is 11.1 Å². The first kappa shape index (κ1) is 17.6. The topological polar surface area (TPSA) is 42.4 Å². The Labute approximate surface area is 149 Å². The maximum Gasteiger partial charge on any atom is 0.227 e. The summed E-state index contributed by atoms with van der Waals surface area (Å²) in [7, 11) is 1.72. The number of likely N-dealkylation sites (tertiary alicyclic amines) is 1. The lowest BCUT2D eigenvalue weighted by Gasteiger charge is -2.32. The van der Waals surface area contributed by atoms with Gasteiger partial charge < -0.3 is 9.64 Å². The van der Waals surface area contributed by atoms with Crippen molar-refractivity contribution in [2.45, 2.75) is 32.3 Å². The third kappa shape index (κ3) is 5.13. The Morgan fingerprint density at radius 2 is 1.84 bits per heavy atom. The van der Waals surface area contributed by atoms with Crippen molar-refractivity contribution in [2.75, 3.05) is 20.2 Å². The smallest absolute Gasteiger partial charge is 0.227 e. The van der Waals surface area contributed by atoms with E-state index in [0.717, 1.165) is 37.9 Å². The number of methoxy groups -OCH3 is 1. The Bertz CT molecular complexity index is 662. The summed E-state index contributed by atoms with van der Waals surface area (Å²) >= 11 is 0. The van der Waals surface area contributed by atoms with Gasteiger partial charge in [-0.2, -0.15) is 0 Å². The molecule has 3 rings (SSSR count). The third-order valence-electron chi connectivity index (χ3n) is 4.90. The predicted octanol–water partition coefficient (Wildman–Crippen LogP) is 3.25. The summed E-state index contributed by atoms with van der Waals surface area (Å²) in [6, 6.07) is 12.5. The van der Waals surface area contributed by atoms with Crippen molar-refractivity contribution >= 4 is 5.91 Å². The molecule has 0 aliphatic carbocycles. The van der Waals surface area contributed by atoms with Crippen molar-refractivity contribution < 1.29 is 9.53 Å². The molecule has 4 nitrogen and oxygen atoms in total. The summed E-state index contributed by atoms with van der Waals surface area (Å²) in [6.45, 7) is 2.40. The number of aromatic nitrogens is 1. The lowest BCUT2D eigenvalue weighted by molar-refractivity contribution is -0.131. The Hall–Kier alpha value is -2.20. The Balaban J connectivity index is 1.46. The first-order valence-electron chi connectivity index (χ1n) is 8.98. The van der Waals surface area contributed by atoms with Gasteiger partial charge in [-0.3, -0.25) is 9.78 Å². The van der Waals surface area contributed by atoms with Crippen LogP contribution in [0.5, 0.6) is 0 Å². The second-order valence-electron chi connectivity index (χ2n) is 6.82. The van der Waals surface area contributed by atoms with Crippen molar-refractivity contribution in [1.29, 1.82) is 0 Å². The van der Waals surface area contributed by atoms with Crippen LogP contribution in [0.15, 0.2) is 48.8 Å². The number of rotatable bonds is 6. The summed E-state index contributed by atoms with van der Waals surface area (Å²) in [6.07, 6.45) is 7.23. The highest BCUT2D eigenvalue weighted by Gasteiger charge is 2.23. The van der Waals surface area contributed by atoms with Crippen LogP contribution in [0.2, 0.25) is 0 Å². The van der Waals surface area contributed by atoms with Gasteiger partial charge >= 0.3 is 0 Å². The van der Waals surface area contributed by atoms with E-state index >= 15 is 0 Å². The van der Waals surface area contributed by atoms with Crippen LogP contribution in [0.25, 0.3) is 0 Å². The summed E-state index contributed by atoms with van der Waals surface area (Å²) in [5, 5.41) is 0. The monoisotopic (exact) mass is 338 g/mol. The van der Waals surface area contributed by atoms with Crippen LogP contribution < -0.4 is 0 Å². The lowest BCUT2D eigenvalue weighted by Crippen LogP contribution is -2.39. The van der Waals surface area contributed by atoms with Crippen LogP contribution in [0.4, 0.5) is 0 Å². The van der Waals surface area contributed by atoms with Crippen LogP contribution in [-0.4, -0.2) is 36.0 Å². The summed E-state index contributed by atoms with van der Waals surface area (Å²) in [5.74, 6) is 0.881. The number of nitrogens with zero attached hydrogens (tertiary/aromatic N) is 2. The molecule has 0 unspecified atom stereocenters. The molecule has 1 aromatic heterocycles. The average molecular weight is 338 g/mol. The van der Waals surface area contributed by atoms with Crippen molar-refractivity contribution in [3.05, 3.63) is 65.5 Å². The van der Waals surface area contributed by atoms with Crippen LogP contribution in [0.1, 0.15) is 29.5 Å². The van der Waals surface area contributed by atoms with E-state index in [-0.39, 0.29) is 5.91 Å². The molecule has 1 fully saturated rings. The van der Waals surface area contributed by atoms with Crippen molar-refractivity contribution in [3.63, 3.8) is 0 Å². The molecule has 25 heavy (non-hydrogen) atoms. The summed E-state index contributed by atoms with van der Waals surface area (Å²) < 4.78 is 5.15. The van der Waals surface area contributed by atoms with Gasteiger partial charge in [0.15, 0.2) is 0 Å². The maximum absolute atomic E-state index is 12.4. The summed E-state index contributed by atoms with van der Waals surface area (Å²) in [5.41, 5.74) is 3.58. The van der Waals surface area contributed by atoms with Gasteiger partial charge in [0.25, 0.3) is 0 Å². The van der Waals surface area contributed by atoms with Gasteiger partial charge in [-0.05, 0) is 47.9 Å². The van der Waals surface area contributed by atoms with Gasteiger partial charge in [-0.1, -0.05) is 30.3 Å². The molecule has 2 aromatic rings. The third-order valence-corrected chi connectivity index (χ3v) is 4.90. The van der Waals surface area contributed by atoms with E-state index in [2.05, 4.69) is 29.2 Å². The lowest BCUT2D eigenvalue weighted by atomic mass is 9.89. The maximum atomic E-state index is 12.4. The average Bonchev–Trinajstić information content (AvgIpc) is 2.65. The van der Waals surface area contributed by atoms with E-state index in [4.69, 9.17) is 4.74 Å². The first-order valence-corrected chi connectivity index (χ1v) is 8.98. The quantitative estimate of drug-likeness (QED) is 0.812. The zero-order valence-electron chi connectivity index (χ0n) is 14.9. The molecule has 132 valence electrons. The number of hydrogen-bond donors (Lipinski definition) is 0. The van der Waals surface area contributed by atoms with Gasteiger partial charge in [-0.25, -0.2) is 0 Å². The SMILES string of the molecule is COCc1ccc(CC2CCN(C(=O)Cc3cccnc3)CC2)cc1. The van der Waals surface area contributed by atoms with Crippen LogP contribution in [-0.2, 0) is 29.0 Å². The first-order chi connectivity index (χ1) is 12.2. The minimum Gasteiger partial charge on any atom is -0.380 e. The number of carbonyl (C=O) groups is 1. The predicted molar refractivity (Wildman–Crippen MR) is 98.1 cm³/mol. The standard InChI is InChI=1S/C21H26N2O2/c1-25-16-19-6-4-17(5-7-19)13-18-8-11-23(12-9-18)21(24)14-20-3-2-10-22-15-20/h2-7,10,15,18H,8-9,11-14,16H2,1H3. The molecule has 0 radical (unpaired) electrons. The van der Waals surface area contributed by atoms with Gasteiger partial charge in [0.1, 0.15) is 0 Å². The Kier molecular flexibility index (Phi) is 6.18. The van der Waals surface area contributed by atoms with E-state index < -0.39 is 0 Å². The number of hydrogen-bond acceptors (Lipinski definition) is 3. The van der Waals surface area contributed by atoms with Crippen molar-refractivity contribution in [3.8, 4) is 0 Å². The molecule has 4 heteroatoms. The molecule has 1 aromatic carbocycles. The van der Waals surface area contributed by atoms with Crippen LogP contribution >= 0.6 is 0 Å². The molecule has 1 aliphatic heterocycles. The number of piperidine rings is 1. The molecular weight excluding hydrogens is 312 g/mol. The van der Waals surface area contributed by atoms with Gasteiger partial charge in [-0.15, -0.1) is 0 Å². The van der Waals surface area contributed by atoms with Crippen LogP contribution in [0, 0.1) is 5.92 Å². The second kappa shape index (κ2) is 8.77. The number of amides is 1. The minimum absolute atomic E-state index is 0.218. The molecule has 0 atom stereocenters. The molecule has 0 bridgehead atoms. The molecule has 1 saturated heterocycles. The minimum atomic E-state index is 0.218. The fourth-order valence-electron chi connectivity index (χ4n) is 3.45. The molecule has 1 aliphatic rings. The number of pyridine rings is 1. The zero-order valence-corrected chi connectivity index (χ0v) is 14.9. The zero-order chi connectivity index (χ0) is 17.5. The second-order valence-corrected chi connectivity index (χ2v) is 6.82. The molecule has 0 N–H and O–H groups in total. The van der Waals surface area contributed by atoms with E-state index in [1.807, 2.05) is 17.0 Å². The van der Waals surface area contributed by atoms with Gasteiger partial charge in [0, 0.05) is 32.6 Å². The number of carbonyl (C=O) groups excluding carboxylic acids is 1. The van der Waals surface area contributed by atoms with Gasteiger partial charge in [0.2, 0.25) is 5.91 Å². The largest absolute Gasteiger partial charge is 0.380 e. The molecule has 1 amide bonds. The van der Waals surface area contributed by atoms with E-state index in [0.29, 0.717) is 18.9 Å². The van der Waals surface area contributed by atoms with Gasteiger partial charge in [0.05, 0.1) is 13.0 Å². The normalized spacial score (nSPS) is 15.3. The fraction of sp³-hybridized carbons (Fsp3) is 0.429. The van der Waals surface area contributed by atoms with Crippen LogP contribution in [0.3, 0.4) is 0 Å². The molecular formula is C21H26N2O2. The highest BCUT2D eigenvalue weighted by Crippen LogP contribution is 2.22. The Morgan fingerprint density at radius 3 is 2.48 bits per heavy atom. The highest BCUT2D eigenvalue weighted by molar-refractivity contribution is 5.78. The highest BCUT2D eigenvalue weighted by atomic mass is 16.5. The summed E-state index contributed by atoms with van der Waals surface area (Å²) in [4.78, 5) is 18.5. The van der Waals surface area contributed by atoms with E-state index in [9.17, 15) is 4.79 Å². The molecule has 0 saturated carbocycles. The van der Waals surface area contributed by atoms with E-state index in [1.54, 1.807) is 19.5 Å². The fourth-order valence-corrected chi connectivity index (χ4v) is 3.45. The Morgan fingerprint density at radius 1 is 1.12 bits per heavy atom.